The summed E-state index contributed by atoms with van der Waals surface area (Å²) in [5, 5.41) is 5.78. The molecular weight excluding hydrogens is 384 g/mol. The lowest BCUT2D eigenvalue weighted by atomic mass is 9.83. The Hall–Kier alpha value is -2.66. The van der Waals surface area contributed by atoms with Gasteiger partial charge in [-0.15, -0.1) is 0 Å². The number of ketones is 1. The first kappa shape index (κ1) is 20.3. The van der Waals surface area contributed by atoms with E-state index in [1.165, 1.54) is 36.2 Å². The minimum Gasteiger partial charge on any atom is -0.323 e. The number of fused-ring (bicyclic) bond motifs is 2. The summed E-state index contributed by atoms with van der Waals surface area (Å²) in [6.07, 6.45) is 8.60. The predicted octanol–water partition coefficient (Wildman–Crippen LogP) is 4.69. The number of carbonyl (C=O) groups excluding carboxylic acids is 1. The number of piperidine rings is 2. The van der Waals surface area contributed by atoms with Crippen LogP contribution in [0, 0.1) is 0 Å². The number of aromatic nitrogens is 2. The number of nitrogens with two attached hydrogens (primary N) is 1. The number of rotatable bonds is 6. The van der Waals surface area contributed by atoms with Crippen LogP contribution in [0.25, 0.3) is 10.9 Å². The molecule has 3 heterocycles. The molecule has 2 aromatic carbocycles. The minimum absolute atomic E-state index is 0.204. The van der Waals surface area contributed by atoms with Crippen molar-refractivity contribution in [2.75, 3.05) is 18.9 Å². The zero-order chi connectivity index (χ0) is 21.2. The van der Waals surface area contributed by atoms with Crippen LogP contribution >= 0.6 is 0 Å². The fourth-order valence-electron chi connectivity index (χ4n) is 5.52. The fraction of sp³-hybridized carbons (Fsp3) is 0.462. The largest absolute Gasteiger partial charge is 0.323 e. The third-order valence-electron chi connectivity index (χ3n) is 7.23. The molecule has 5 heteroatoms. The standard InChI is InChI=1S/C26H32N4O/c27-30-24-13-12-20(25(31)11-6-9-19-7-2-1-3-8-19)18-23(24)26(28-30)21-14-16-29-15-5-4-10-22(29)17-21/h1-3,7-8,12-13,18,21-22H,4-6,9-11,14-17,27H2. The lowest BCUT2D eigenvalue weighted by Gasteiger charge is -2.42. The first-order valence-electron chi connectivity index (χ1n) is 11.8. The van der Waals surface area contributed by atoms with Gasteiger partial charge in [-0.2, -0.15) is 9.89 Å². The van der Waals surface area contributed by atoms with E-state index in [0.717, 1.165) is 54.4 Å². The number of aryl methyl sites for hydroxylation is 1. The van der Waals surface area contributed by atoms with Crippen LogP contribution in [0.2, 0.25) is 0 Å². The summed E-state index contributed by atoms with van der Waals surface area (Å²) in [4.78, 5) is 17.1. The van der Waals surface area contributed by atoms with Gasteiger partial charge in [0.15, 0.2) is 5.78 Å². The van der Waals surface area contributed by atoms with Crippen LogP contribution in [-0.2, 0) is 6.42 Å². The molecule has 2 unspecified atom stereocenters. The third-order valence-corrected chi connectivity index (χ3v) is 7.23. The highest BCUT2D eigenvalue weighted by atomic mass is 16.1. The lowest BCUT2D eigenvalue weighted by molar-refractivity contribution is 0.0967. The van der Waals surface area contributed by atoms with Gasteiger partial charge in [0.2, 0.25) is 0 Å². The Bertz CT molecular complexity index is 1060. The summed E-state index contributed by atoms with van der Waals surface area (Å²) in [6, 6.07) is 17.0. The van der Waals surface area contributed by atoms with E-state index in [1.807, 2.05) is 24.3 Å². The average molecular weight is 417 g/mol. The number of hydrogen-bond acceptors (Lipinski definition) is 4. The van der Waals surface area contributed by atoms with Crippen LogP contribution in [0.5, 0.6) is 0 Å². The van der Waals surface area contributed by atoms with Crippen LogP contribution in [0.1, 0.15) is 72.5 Å². The van der Waals surface area contributed by atoms with E-state index in [0.29, 0.717) is 18.4 Å². The summed E-state index contributed by atoms with van der Waals surface area (Å²) in [6.45, 7) is 2.39. The zero-order valence-corrected chi connectivity index (χ0v) is 18.2. The molecular formula is C26H32N4O. The molecule has 2 N–H and O–H groups in total. The maximum atomic E-state index is 12.9. The van der Waals surface area contributed by atoms with Crippen molar-refractivity contribution in [2.45, 2.75) is 63.3 Å². The van der Waals surface area contributed by atoms with Gasteiger partial charge in [-0.25, -0.2) is 0 Å². The molecule has 0 saturated carbocycles. The van der Waals surface area contributed by atoms with E-state index in [1.54, 1.807) is 0 Å². The summed E-state index contributed by atoms with van der Waals surface area (Å²) in [5.74, 6) is 6.83. The van der Waals surface area contributed by atoms with Crippen molar-refractivity contribution >= 4 is 16.7 Å². The monoisotopic (exact) mass is 416 g/mol. The summed E-state index contributed by atoms with van der Waals surface area (Å²) >= 11 is 0. The number of carbonyl (C=O) groups is 1. The van der Waals surface area contributed by atoms with Gasteiger partial charge < -0.3 is 10.7 Å². The van der Waals surface area contributed by atoms with Gasteiger partial charge in [0.05, 0.1) is 11.2 Å². The van der Waals surface area contributed by atoms with Crippen LogP contribution in [0.15, 0.2) is 48.5 Å². The molecule has 0 bridgehead atoms. The Morgan fingerprint density at radius 3 is 2.81 bits per heavy atom. The molecule has 2 saturated heterocycles. The second kappa shape index (κ2) is 8.83. The molecule has 2 aliphatic rings. The molecule has 0 amide bonds. The van der Waals surface area contributed by atoms with Gasteiger partial charge >= 0.3 is 0 Å². The van der Waals surface area contributed by atoms with E-state index in [9.17, 15) is 4.79 Å². The second-order valence-corrected chi connectivity index (χ2v) is 9.23. The van der Waals surface area contributed by atoms with E-state index < -0.39 is 0 Å². The van der Waals surface area contributed by atoms with E-state index >= 15 is 0 Å². The van der Waals surface area contributed by atoms with Gasteiger partial charge in [0.1, 0.15) is 0 Å². The quantitative estimate of drug-likeness (QED) is 0.468. The van der Waals surface area contributed by atoms with E-state index in [-0.39, 0.29) is 5.78 Å². The molecule has 0 radical (unpaired) electrons. The second-order valence-electron chi connectivity index (χ2n) is 9.23. The van der Waals surface area contributed by atoms with E-state index in [4.69, 9.17) is 10.9 Å². The number of Topliss-reactive ketones (excluding diaryl/α,β-unsaturated/α-hetero) is 1. The van der Waals surface area contributed by atoms with Crippen molar-refractivity contribution in [3.05, 3.63) is 65.4 Å². The molecule has 3 aromatic rings. The van der Waals surface area contributed by atoms with Gasteiger partial charge in [-0.3, -0.25) is 4.79 Å². The van der Waals surface area contributed by atoms with Gasteiger partial charge in [-0.05, 0) is 75.4 Å². The molecule has 2 atom stereocenters. The summed E-state index contributed by atoms with van der Waals surface area (Å²) < 4.78 is 0. The minimum atomic E-state index is 0.204. The first-order chi connectivity index (χ1) is 15.2. The molecule has 2 fully saturated rings. The molecule has 5 rings (SSSR count). The summed E-state index contributed by atoms with van der Waals surface area (Å²) in [7, 11) is 0. The number of hydrogen-bond donors (Lipinski definition) is 1. The molecule has 162 valence electrons. The zero-order valence-electron chi connectivity index (χ0n) is 18.2. The Kier molecular flexibility index (Phi) is 5.77. The van der Waals surface area contributed by atoms with Crippen molar-refractivity contribution in [1.82, 2.24) is 14.8 Å². The Morgan fingerprint density at radius 2 is 1.94 bits per heavy atom. The van der Waals surface area contributed by atoms with Crippen LogP contribution in [0.3, 0.4) is 0 Å². The highest BCUT2D eigenvalue weighted by Crippen LogP contribution is 2.37. The van der Waals surface area contributed by atoms with Crippen LogP contribution in [0.4, 0.5) is 0 Å². The molecule has 5 nitrogen and oxygen atoms in total. The highest BCUT2D eigenvalue weighted by molar-refractivity contribution is 6.00. The molecule has 1 aromatic heterocycles. The van der Waals surface area contributed by atoms with Crippen molar-refractivity contribution in [2.24, 2.45) is 0 Å². The Labute approximate surface area is 184 Å². The van der Waals surface area contributed by atoms with Crippen molar-refractivity contribution in [1.29, 1.82) is 0 Å². The Morgan fingerprint density at radius 1 is 1.06 bits per heavy atom. The van der Waals surface area contributed by atoms with Crippen LogP contribution < -0.4 is 5.84 Å². The van der Waals surface area contributed by atoms with E-state index in [2.05, 4.69) is 29.2 Å². The number of nitrogen functional groups attached to an aromatic ring is 1. The van der Waals surface area contributed by atoms with Gasteiger partial charge in [0, 0.05) is 29.3 Å². The fourth-order valence-corrected chi connectivity index (χ4v) is 5.52. The molecule has 0 aliphatic carbocycles. The maximum absolute atomic E-state index is 12.9. The smallest absolute Gasteiger partial charge is 0.162 e. The lowest BCUT2D eigenvalue weighted by Crippen LogP contribution is -2.44. The topological polar surface area (TPSA) is 64.2 Å². The molecule has 2 aliphatic heterocycles. The van der Waals surface area contributed by atoms with Crippen molar-refractivity contribution in [3.8, 4) is 0 Å². The first-order valence-corrected chi connectivity index (χ1v) is 11.8. The third kappa shape index (κ3) is 4.24. The normalized spacial score (nSPS) is 21.8. The summed E-state index contributed by atoms with van der Waals surface area (Å²) in [5.41, 5.74) is 4.07. The highest BCUT2D eigenvalue weighted by Gasteiger charge is 2.33. The molecule has 31 heavy (non-hydrogen) atoms. The van der Waals surface area contributed by atoms with Gasteiger partial charge in [-0.1, -0.05) is 36.8 Å². The molecule has 0 spiro atoms. The predicted molar refractivity (Wildman–Crippen MR) is 125 cm³/mol. The van der Waals surface area contributed by atoms with Crippen molar-refractivity contribution in [3.63, 3.8) is 0 Å². The average Bonchev–Trinajstić information content (AvgIpc) is 3.15. The Balaban J connectivity index is 1.32. The number of nitrogens with zero attached hydrogens (tertiary/aromatic N) is 3. The van der Waals surface area contributed by atoms with Gasteiger partial charge in [0.25, 0.3) is 0 Å². The number of benzene rings is 2. The van der Waals surface area contributed by atoms with Crippen LogP contribution in [-0.4, -0.2) is 39.7 Å². The maximum Gasteiger partial charge on any atom is 0.162 e. The van der Waals surface area contributed by atoms with Crippen molar-refractivity contribution < 1.29 is 4.79 Å². The SMILES string of the molecule is Nn1nc(C2CCN3CCCCC3C2)c2cc(C(=O)CCCc3ccccc3)ccc21.